The summed E-state index contributed by atoms with van der Waals surface area (Å²) in [6.45, 7) is 4.22. The van der Waals surface area contributed by atoms with Gasteiger partial charge in [0, 0.05) is 16.5 Å². The van der Waals surface area contributed by atoms with Crippen LogP contribution in [0.2, 0.25) is 0 Å². The number of carbonyl (C=O) groups excluding carboxylic acids is 1. The number of amides is 1. The van der Waals surface area contributed by atoms with Crippen molar-refractivity contribution in [2.75, 3.05) is 5.32 Å². The van der Waals surface area contributed by atoms with Gasteiger partial charge in [0.1, 0.15) is 0 Å². The van der Waals surface area contributed by atoms with Crippen LogP contribution in [0, 0.1) is 0 Å². The Hall–Kier alpha value is -4.00. The summed E-state index contributed by atoms with van der Waals surface area (Å²) in [6.07, 6.45) is 0. The predicted molar refractivity (Wildman–Crippen MR) is 113 cm³/mol. The molecule has 0 aliphatic rings. The first-order valence-corrected chi connectivity index (χ1v) is 9.44. The number of aromatic nitrogens is 2. The minimum Gasteiger partial charge on any atom is -0.478 e. The SMILES string of the molecule is CC(C)c1ccc(-c2nnc(NC(=O)c3cccc4cccc(C(=O)O)c34)o2)cc1. The number of hydrogen-bond acceptors (Lipinski definition) is 5. The zero-order chi connectivity index (χ0) is 21.3. The Morgan fingerprint density at radius 1 is 0.933 bits per heavy atom. The molecular weight excluding hydrogens is 382 g/mol. The lowest BCUT2D eigenvalue weighted by Gasteiger charge is -2.08. The van der Waals surface area contributed by atoms with Gasteiger partial charge in [-0.25, -0.2) is 4.79 Å². The molecule has 0 saturated heterocycles. The molecule has 1 aromatic heterocycles. The third-order valence-corrected chi connectivity index (χ3v) is 4.85. The summed E-state index contributed by atoms with van der Waals surface area (Å²) in [7, 11) is 0. The Bertz CT molecular complexity index is 1240. The van der Waals surface area contributed by atoms with Crippen LogP contribution < -0.4 is 5.32 Å². The monoisotopic (exact) mass is 401 g/mol. The van der Waals surface area contributed by atoms with E-state index in [4.69, 9.17) is 4.42 Å². The van der Waals surface area contributed by atoms with Gasteiger partial charge in [-0.05, 0) is 41.1 Å². The molecule has 0 saturated carbocycles. The first kappa shape index (κ1) is 19.3. The smallest absolute Gasteiger partial charge is 0.336 e. The number of rotatable bonds is 5. The minimum absolute atomic E-state index is 0.0507. The van der Waals surface area contributed by atoms with E-state index in [1.54, 1.807) is 30.3 Å². The summed E-state index contributed by atoms with van der Waals surface area (Å²) >= 11 is 0. The maximum absolute atomic E-state index is 12.8. The molecule has 0 bridgehead atoms. The van der Waals surface area contributed by atoms with Crippen molar-refractivity contribution < 1.29 is 19.1 Å². The first-order chi connectivity index (χ1) is 14.4. The third-order valence-electron chi connectivity index (χ3n) is 4.85. The molecule has 150 valence electrons. The zero-order valence-corrected chi connectivity index (χ0v) is 16.4. The number of carboxylic acids is 1. The van der Waals surface area contributed by atoms with Crippen LogP contribution in [-0.2, 0) is 0 Å². The van der Waals surface area contributed by atoms with Crippen molar-refractivity contribution in [3.05, 3.63) is 77.4 Å². The minimum atomic E-state index is -1.11. The Balaban J connectivity index is 1.62. The van der Waals surface area contributed by atoms with Gasteiger partial charge in [-0.15, -0.1) is 5.10 Å². The van der Waals surface area contributed by atoms with E-state index in [0.717, 1.165) is 5.56 Å². The van der Waals surface area contributed by atoms with Gasteiger partial charge in [0.05, 0.1) is 5.56 Å². The number of fused-ring (bicyclic) bond motifs is 1. The normalized spacial score (nSPS) is 11.0. The fourth-order valence-corrected chi connectivity index (χ4v) is 3.27. The number of carbonyl (C=O) groups is 2. The van der Waals surface area contributed by atoms with Gasteiger partial charge in [-0.1, -0.05) is 55.3 Å². The van der Waals surface area contributed by atoms with Crippen molar-refractivity contribution in [1.29, 1.82) is 0 Å². The van der Waals surface area contributed by atoms with Crippen LogP contribution in [0.4, 0.5) is 6.01 Å². The molecule has 0 radical (unpaired) electrons. The zero-order valence-electron chi connectivity index (χ0n) is 16.4. The van der Waals surface area contributed by atoms with E-state index < -0.39 is 11.9 Å². The van der Waals surface area contributed by atoms with Gasteiger partial charge in [0.2, 0.25) is 5.89 Å². The molecule has 1 amide bonds. The molecule has 0 atom stereocenters. The standard InChI is InChI=1S/C23H19N3O4/c1-13(2)14-9-11-16(12-10-14)21-25-26-23(30-21)24-20(27)17-7-3-5-15-6-4-8-18(19(15)17)22(28)29/h3-13H,1-2H3,(H,28,29)(H,24,26,27). The second-order valence-corrected chi connectivity index (χ2v) is 7.16. The number of benzene rings is 3. The number of nitrogens with one attached hydrogen (secondary N) is 1. The van der Waals surface area contributed by atoms with E-state index in [9.17, 15) is 14.7 Å². The topological polar surface area (TPSA) is 105 Å². The molecule has 2 N–H and O–H groups in total. The van der Waals surface area contributed by atoms with Crippen LogP contribution in [0.5, 0.6) is 0 Å². The highest BCUT2D eigenvalue weighted by Gasteiger charge is 2.18. The Kier molecular flexibility index (Phi) is 5.02. The van der Waals surface area contributed by atoms with Gasteiger partial charge in [0.15, 0.2) is 0 Å². The average molecular weight is 401 g/mol. The van der Waals surface area contributed by atoms with E-state index in [1.165, 1.54) is 11.6 Å². The van der Waals surface area contributed by atoms with Crippen molar-refractivity contribution in [2.24, 2.45) is 0 Å². The number of hydrogen-bond donors (Lipinski definition) is 2. The van der Waals surface area contributed by atoms with Crippen LogP contribution in [0.3, 0.4) is 0 Å². The molecule has 0 aliphatic heterocycles. The Labute approximate surface area is 172 Å². The maximum Gasteiger partial charge on any atom is 0.336 e. The van der Waals surface area contributed by atoms with Crippen molar-refractivity contribution in [1.82, 2.24) is 10.2 Å². The van der Waals surface area contributed by atoms with Gasteiger partial charge >= 0.3 is 12.0 Å². The van der Waals surface area contributed by atoms with Crippen molar-refractivity contribution in [3.8, 4) is 11.5 Å². The Morgan fingerprint density at radius 3 is 2.23 bits per heavy atom. The summed E-state index contributed by atoms with van der Waals surface area (Å²) in [5, 5.41) is 20.9. The number of carboxylic acid groups (broad SMARTS) is 1. The van der Waals surface area contributed by atoms with Crippen molar-refractivity contribution in [2.45, 2.75) is 19.8 Å². The molecule has 3 aromatic carbocycles. The first-order valence-electron chi connectivity index (χ1n) is 9.44. The largest absolute Gasteiger partial charge is 0.478 e. The maximum atomic E-state index is 12.8. The van der Waals surface area contributed by atoms with Gasteiger partial charge in [0.25, 0.3) is 5.91 Å². The summed E-state index contributed by atoms with van der Waals surface area (Å²) in [4.78, 5) is 24.4. The van der Waals surface area contributed by atoms with Crippen LogP contribution in [0.15, 0.2) is 65.1 Å². The van der Waals surface area contributed by atoms with Crippen LogP contribution >= 0.6 is 0 Å². The highest BCUT2D eigenvalue weighted by Crippen LogP contribution is 2.26. The van der Waals surface area contributed by atoms with Crippen molar-refractivity contribution in [3.63, 3.8) is 0 Å². The molecule has 7 nitrogen and oxygen atoms in total. The number of anilines is 1. The summed E-state index contributed by atoms with van der Waals surface area (Å²) in [5.41, 5.74) is 2.20. The van der Waals surface area contributed by atoms with Gasteiger partial charge in [-0.2, -0.15) is 0 Å². The quantitative estimate of drug-likeness (QED) is 0.489. The van der Waals surface area contributed by atoms with E-state index >= 15 is 0 Å². The lowest BCUT2D eigenvalue weighted by Crippen LogP contribution is -2.14. The van der Waals surface area contributed by atoms with E-state index in [-0.39, 0.29) is 23.0 Å². The summed E-state index contributed by atoms with van der Waals surface area (Å²) in [5.74, 6) is -0.942. The van der Waals surface area contributed by atoms with Crippen LogP contribution in [0.1, 0.15) is 46.0 Å². The molecule has 4 rings (SSSR count). The van der Waals surface area contributed by atoms with Crippen LogP contribution in [-0.4, -0.2) is 27.2 Å². The fraction of sp³-hybridized carbons (Fsp3) is 0.130. The molecular formula is C23H19N3O4. The third kappa shape index (κ3) is 3.65. The molecule has 1 heterocycles. The van der Waals surface area contributed by atoms with E-state index in [0.29, 0.717) is 16.7 Å². The lowest BCUT2D eigenvalue weighted by molar-refractivity contribution is 0.0699. The molecule has 0 unspecified atom stereocenters. The molecule has 30 heavy (non-hydrogen) atoms. The molecule has 0 fully saturated rings. The van der Waals surface area contributed by atoms with Crippen LogP contribution in [0.25, 0.3) is 22.2 Å². The molecule has 7 heteroatoms. The molecule has 0 spiro atoms. The molecule has 0 aliphatic carbocycles. The average Bonchev–Trinajstić information content (AvgIpc) is 3.21. The number of aromatic carboxylic acids is 1. The second kappa shape index (κ2) is 7.79. The Morgan fingerprint density at radius 2 is 1.60 bits per heavy atom. The highest BCUT2D eigenvalue weighted by atomic mass is 16.4. The lowest BCUT2D eigenvalue weighted by atomic mass is 9.99. The van der Waals surface area contributed by atoms with Crippen molar-refractivity contribution >= 4 is 28.7 Å². The number of nitrogens with zero attached hydrogens (tertiary/aromatic N) is 2. The van der Waals surface area contributed by atoms with Gasteiger partial charge in [-0.3, -0.25) is 10.1 Å². The summed E-state index contributed by atoms with van der Waals surface area (Å²) < 4.78 is 5.58. The van der Waals surface area contributed by atoms with E-state index in [1.807, 2.05) is 24.3 Å². The summed E-state index contributed by atoms with van der Waals surface area (Å²) in [6, 6.07) is 17.6. The predicted octanol–water partition coefficient (Wildman–Crippen LogP) is 4.96. The second-order valence-electron chi connectivity index (χ2n) is 7.16. The van der Waals surface area contributed by atoms with Gasteiger partial charge < -0.3 is 9.52 Å². The fourth-order valence-electron chi connectivity index (χ4n) is 3.27. The highest BCUT2D eigenvalue weighted by molar-refractivity contribution is 6.17. The van der Waals surface area contributed by atoms with E-state index in [2.05, 4.69) is 29.4 Å². The molecule has 4 aromatic rings.